The number of carbonyl (C=O) groups is 1. The highest BCUT2D eigenvalue weighted by atomic mass is 79.9. The van der Waals surface area contributed by atoms with Crippen LogP contribution >= 0.6 is 15.9 Å². The molecule has 0 bridgehead atoms. The van der Waals surface area contributed by atoms with Gasteiger partial charge in [-0.25, -0.2) is 4.39 Å². The van der Waals surface area contributed by atoms with Gasteiger partial charge in [0.2, 0.25) is 0 Å². The van der Waals surface area contributed by atoms with Gasteiger partial charge < -0.3 is 4.74 Å². The van der Waals surface area contributed by atoms with E-state index in [1.165, 1.54) is 7.11 Å². The second-order valence-corrected chi connectivity index (χ2v) is 3.81. The van der Waals surface area contributed by atoms with Crippen LogP contribution in [0.5, 0.6) is 0 Å². The lowest BCUT2D eigenvalue weighted by molar-refractivity contribution is -0.145. The Labute approximate surface area is 79.6 Å². The first kappa shape index (κ1) is 9.96. The van der Waals surface area contributed by atoms with Crippen molar-refractivity contribution in [1.82, 2.24) is 0 Å². The van der Waals surface area contributed by atoms with Crippen molar-refractivity contribution < 1.29 is 13.9 Å². The van der Waals surface area contributed by atoms with Crippen LogP contribution in [0.1, 0.15) is 19.3 Å². The standard InChI is InChI=1S/C8H12BrFO2/c1-12-7(11)6-2-3-8(10,4-6)5-9/h6H,2-5H2,1H3. The van der Waals surface area contributed by atoms with Gasteiger partial charge in [0.25, 0.3) is 0 Å². The smallest absolute Gasteiger partial charge is 0.308 e. The molecule has 0 spiro atoms. The van der Waals surface area contributed by atoms with Gasteiger partial charge in [0.15, 0.2) is 0 Å². The Morgan fingerprint density at radius 3 is 2.92 bits per heavy atom. The summed E-state index contributed by atoms with van der Waals surface area (Å²) in [6, 6.07) is 0. The highest BCUT2D eigenvalue weighted by Gasteiger charge is 2.41. The van der Waals surface area contributed by atoms with Gasteiger partial charge in [-0.1, -0.05) is 15.9 Å². The molecule has 12 heavy (non-hydrogen) atoms. The molecule has 0 aromatic heterocycles. The van der Waals surface area contributed by atoms with Crippen molar-refractivity contribution in [3.05, 3.63) is 0 Å². The molecule has 1 aliphatic rings. The third-order valence-corrected chi connectivity index (χ3v) is 3.33. The van der Waals surface area contributed by atoms with Crippen molar-refractivity contribution >= 4 is 21.9 Å². The molecule has 2 nitrogen and oxygen atoms in total. The van der Waals surface area contributed by atoms with Crippen LogP contribution in [-0.2, 0) is 9.53 Å². The molecule has 1 aliphatic carbocycles. The third kappa shape index (κ3) is 1.97. The van der Waals surface area contributed by atoms with Gasteiger partial charge in [0, 0.05) is 5.33 Å². The zero-order valence-corrected chi connectivity index (χ0v) is 8.56. The maximum absolute atomic E-state index is 13.5. The maximum atomic E-state index is 13.5. The van der Waals surface area contributed by atoms with E-state index in [0.29, 0.717) is 24.6 Å². The van der Waals surface area contributed by atoms with Gasteiger partial charge in [-0.3, -0.25) is 4.79 Å². The summed E-state index contributed by atoms with van der Waals surface area (Å²) in [5, 5.41) is 0.313. The van der Waals surface area contributed by atoms with Crippen molar-refractivity contribution in [2.24, 2.45) is 5.92 Å². The zero-order valence-electron chi connectivity index (χ0n) is 6.98. The second kappa shape index (κ2) is 3.73. The van der Waals surface area contributed by atoms with Gasteiger partial charge in [-0.05, 0) is 19.3 Å². The minimum Gasteiger partial charge on any atom is -0.469 e. The maximum Gasteiger partial charge on any atom is 0.308 e. The van der Waals surface area contributed by atoms with E-state index in [9.17, 15) is 9.18 Å². The number of hydrogen-bond acceptors (Lipinski definition) is 2. The topological polar surface area (TPSA) is 26.3 Å². The van der Waals surface area contributed by atoms with E-state index >= 15 is 0 Å². The van der Waals surface area contributed by atoms with Crippen molar-refractivity contribution in [3.8, 4) is 0 Å². The molecule has 0 aromatic carbocycles. The van der Waals surface area contributed by atoms with Crippen LogP contribution in [0.15, 0.2) is 0 Å². The Morgan fingerprint density at radius 2 is 2.50 bits per heavy atom. The van der Waals surface area contributed by atoms with Gasteiger partial charge in [0.1, 0.15) is 5.67 Å². The summed E-state index contributed by atoms with van der Waals surface area (Å²) >= 11 is 3.10. The van der Waals surface area contributed by atoms with Crippen molar-refractivity contribution in [2.45, 2.75) is 24.9 Å². The summed E-state index contributed by atoms with van der Waals surface area (Å²) in [7, 11) is 1.34. The van der Waals surface area contributed by atoms with Crippen molar-refractivity contribution in [2.75, 3.05) is 12.4 Å². The number of esters is 1. The molecule has 0 radical (unpaired) electrons. The molecule has 70 valence electrons. The van der Waals surface area contributed by atoms with Gasteiger partial charge in [0.05, 0.1) is 13.0 Å². The highest BCUT2D eigenvalue weighted by Crippen LogP contribution is 2.39. The lowest BCUT2D eigenvalue weighted by Crippen LogP contribution is -2.22. The van der Waals surface area contributed by atoms with E-state index in [2.05, 4.69) is 20.7 Å². The normalized spacial score (nSPS) is 35.1. The first-order valence-corrected chi connectivity index (χ1v) is 5.06. The molecule has 0 amide bonds. The molecule has 4 heteroatoms. The molecule has 1 rings (SSSR count). The molecule has 2 unspecified atom stereocenters. The molecule has 0 aromatic rings. The molecule has 2 atom stereocenters. The first-order valence-electron chi connectivity index (χ1n) is 3.94. The summed E-state index contributed by atoms with van der Waals surface area (Å²) < 4.78 is 18.1. The lowest BCUT2D eigenvalue weighted by Gasteiger charge is -2.14. The Hall–Kier alpha value is -0.120. The zero-order chi connectivity index (χ0) is 9.19. The van der Waals surface area contributed by atoms with Crippen LogP contribution in [0.3, 0.4) is 0 Å². The van der Waals surface area contributed by atoms with Gasteiger partial charge in [-0.2, -0.15) is 0 Å². The predicted molar refractivity (Wildman–Crippen MR) is 47.0 cm³/mol. The van der Waals surface area contributed by atoms with Crippen LogP contribution in [-0.4, -0.2) is 24.1 Å². The minimum atomic E-state index is -1.20. The Kier molecular flexibility index (Phi) is 3.09. The third-order valence-electron chi connectivity index (χ3n) is 2.33. The molecular weight excluding hydrogens is 227 g/mol. The van der Waals surface area contributed by atoms with E-state index < -0.39 is 5.67 Å². The number of ether oxygens (including phenoxy) is 1. The van der Waals surface area contributed by atoms with E-state index in [0.717, 1.165) is 0 Å². The fourth-order valence-electron chi connectivity index (χ4n) is 1.57. The van der Waals surface area contributed by atoms with Crippen molar-refractivity contribution in [3.63, 3.8) is 0 Å². The van der Waals surface area contributed by atoms with Crippen LogP contribution in [0.25, 0.3) is 0 Å². The number of alkyl halides is 2. The fourth-order valence-corrected chi connectivity index (χ4v) is 2.08. The molecular formula is C8H12BrFO2. The second-order valence-electron chi connectivity index (χ2n) is 3.25. The Morgan fingerprint density at radius 1 is 1.83 bits per heavy atom. The summed E-state index contributed by atoms with van der Waals surface area (Å²) in [6.45, 7) is 0. The van der Waals surface area contributed by atoms with E-state index in [1.54, 1.807) is 0 Å². The monoisotopic (exact) mass is 238 g/mol. The summed E-state index contributed by atoms with van der Waals surface area (Å²) in [6.07, 6.45) is 1.36. The van der Waals surface area contributed by atoms with E-state index in [-0.39, 0.29) is 11.9 Å². The quantitative estimate of drug-likeness (QED) is 0.544. The Bertz CT molecular complexity index is 186. The van der Waals surface area contributed by atoms with Crippen LogP contribution in [0.4, 0.5) is 4.39 Å². The number of halogens is 2. The molecule has 0 heterocycles. The number of carbonyl (C=O) groups excluding carboxylic acids is 1. The summed E-state index contributed by atoms with van der Waals surface area (Å²) in [5.41, 5.74) is -1.20. The number of hydrogen-bond donors (Lipinski definition) is 0. The van der Waals surface area contributed by atoms with Gasteiger partial charge >= 0.3 is 5.97 Å². The molecule has 0 aliphatic heterocycles. The fraction of sp³-hybridized carbons (Fsp3) is 0.875. The average Bonchev–Trinajstić information content (AvgIpc) is 2.48. The minimum absolute atomic E-state index is 0.238. The number of methoxy groups -OCH3 is 1. The number of rotatable bonds is 2. The lowest BCUT2D eigenvalue weighted by atomic mass is 10.0. The molecule has 0 N–H and O–H groups in total. The van der Waals surface area contributed by atoms with E-state index in [1.807, 2.05) is 0 Å². The van der Waals surface area contributed by atoms with Crippen LogP contribution in [0.2, 0.25) is 0 Å². The largest absolute Gasteiger partial charge is 0.469 e. The molecule has 0 saturated heterocycles. The molecule has 1 saturated carbocycles. The van der Waals surface area contributed by atoms with Crippen LogP contribution in [0, 0.1) is 5.92 Å². The summed E-state index contributed by atoms with van der Waals surface area (Å²) in [4.78, 5) is 11.0. The Balaban J connectivity index is 2.50. The van der Waals surface area contributed by atoms with Crippen LogP contribution < -0.4 is 0 Å². The predicted octanol–water partition coefficient (Wildman–Crippen LogP) is 2.06. The van der Waals surface area contributed by atoms with Crippen molar-refractivity contribution in [1.29, 1.82) is 0 Å². The average molecular weight is 239 g/mol. The first-order chi connectivity index (χ1) is 5.61. The van der Waals surface area contributed by atoms with E-state index in [4.69, 9.17) is 0 Å². The highest BCUT2D eigenvalue weighted by molar-refractivity contribution is 9.09. The van der Waals surface area contributed by atoms with Gasteiger partial charge in [-0.15, -0.1) is 0 Å². The molecule has 1 fully saturated rings. The SMILES string of the molecule is COC(=O)C1CCC(F)(CBr)C1. The summed E-state index contributed by atoms with van der Waals surface area (Å²) in [5.74, 6) is -0.520.